The fourth-order valence-electron chi connectivity index (χ4n) is 1.99. The van der Waals surface area contributed by atoms with Crippen molar-refractivity contribution in [2.45, 2.75) is 6.92 Å². The van der Waals surface area contributed by atoms with E-state index in [9.17, 15) is 5.11 Å². The van der Waals surface area contributed by atoms with Gasteiger partial charge in [0.2, 0.25) is 5.78 Å². The maximum absolute atomic E-state index is 9.87. The monoisotopic (exact) mass is 264 g/mol. The molecule has 0 amide bonds. The van der Waals surface area contributed by atoms with Crippen LogP contribution in [0.1, 0.15) is 12.5 Å². The van der Waals surface area contributed by atoms with Crippen LogP contribution in [0.4, 0.5) is 5.82 Å². The number of aromatic hydroxyl groups is 1. The second-order valence-corrected chi connectivity index (χ2v) is 4.27. The molecule has 3 N–H and O–H groups in total. The molecule has 3 aromatic rings. The van der Waals surface area contributed by atoms with Crippen molar-refractivity contribution in [1.82, 2.24) is 14.4 Å². The molecule has 98 valence electrons. The second-order valence-electron chi connectivity index (χ2n) is 4.27. The number of anilines is 1. The summed E-state index contributed by atoms with van der Waals surface area (Å²) in [5, 5.41) is 9.87. The molecule has 0 aliphatic heterocycles. The molecule has 0 spiro atoms. The summed E-state index contributed by atoms with van der Waals surface area (Å²) in [6.07, 6.45) is 3.57. The van der Waals surface area contributed by atoms with Crippen LogP contribution in [-0.2, 0) is 0 Å². The van der Waals surface area contributed by atoms with E-state index in [1.807, 2.05) is 6.07 Å². The molecule has 0 radical (unpaired) electrons. The zero-order valence-electron chi connectivity index (χ0n) is 10.8. The van der Waals surface area contributed by atoms with Gasteiger partial charge in [0.25, 0.3) is 0 Å². The van der Waals surface area contributed by atoms with Gasteiger partial charge in [-0.05, 0) is 19.1 Å². The van der Waals surface area contributed by atoms with Gasteiger partial charge < -0.3 is 10.8 Å². The number of rotatable bonds is 1. The van der Waals surface area contributed by atoms with Gasteiger partial charge in [0.15, 0.2) is 0 Å². The summed E-state index contributed by atoms with van der Waals surface area (Å²) in [5.41, 5.74) is 7.78. The second kappa shape index (κ2) is 4.59. The number of imidazole rings is 1. The Kier molecular flexibility index (Phi) is 2.77. The first-order valence-electron chi connectivity index (χ1n) is 6.05. The number of fused-ring (bicyclic) bond motifs is 1. The van der Waals surface area contributed by atoms with Gasteiger partial charge in [-0.3, -0.25) is 4.40 Å². The van der Waals surface area contributed by atoms with Crippen molar-refractivity contribution in [2.24, 2.45) is 0 Å². The van der Waals surface area contributed by atoms with Crippen LogP contribution in [0.5, 0.6) is 5.75 Å². The van der Waals surface area contributed by atoms with Crippen LogP contribution >= 0.6 is 0 Å². The van der Waals surface area contributed by atoms with E-state index >= 15 is 0 Å². The van der Waals surface area contributed by atoms with E-state index in [2.05, 4.69) is 21.8 Å². The molecule has 20 heavy (non-hydrogen) atoms. The molecule has 0 saturated carbocycles. The van der Waals surface area contributed by atoms with E-state index in [0.29, 0.717) is 28.4 Å². The molecular formula is C15H12N4O. The number of phenolic OH excluding ortho intramolecular Hbond substituents is 1. The molecule has 0 aliphatic carbocycles. The highest BCUT2D eigenvalue weighted by molar-refractivity contribution is 5.68. The molecule has 2 heterocycles. The molecule has 0 bridgehead atoms. The minimum Gasteiger partial charge on any atom is -0.507 e. The Morgan fingerprint density at radius 2 is 2.00 bits per heavy atom. The molecular weight excluding hydrogens is 252 g/mol. The van der Waals surface area contributed by atoms with Gasteiger partial charge in [0.1, 0.15) is 11.6 Å². The number of benzene rings is 1. The Bertz CT molecular complexity index is 855. The summed E-state index contributed by atoms with van der Waals surface area (Å²) in [6.45, 7) is 1.74. The lowest BCUT2D eigenvalue weighted by Crippen LogP contribution is -1.98. The summed E-state index contributed by atoms with van der Waals surface area (Å²) >= 11 is 0. The van der Waals surface area contributed by atoms with Crippen molar-refractivity contribution >= 4 is 11.6 Å². The minimum absolute atomic E-state index is 0.178. The van der Waals surface area contributed by atoms with Gasteiger partial charge in [0.05, 0.1) is 11.3 Å². The number of nitrogen functional groups attached to an aromatic ring is 1. The van der Waals surface area contributed by atoms with Crippen molar-refractivity contribution in [1.29, 1.82) is 0 Å². The van der Waals surface area contributed by atoms with Gasteiger partial charge in [-0.2, -0.15) is 4.98 Å². The van der Waals surface area contributed by atoms with Crippen LogP contribution in [0, 0.1) is 11.8 Å². The molecule has 5 heteroatoms. The topological polar surface area (TPSA) is 76.4 Å². The maximum atomic E-state index is 9.87. The molecule has 5 nitrogen and oxygen atoms in total. The van der Waals surface area contributed by atoms with Gasteiger partial charge in [0, 0.05) is 18.0 Å². The highest BCUT2D eigenvalue weighted by Gasteiger charge is 2.10. The Hall–Kier alpha value is -3.00. The van der Waals surface area contributed by atoms with Crippen LogP contribution < -0.4 is 5.73 Å². The van der Waals surface area contributed by atoms with Crippen molar-refractivity contribution in [3.8, 4) is 28.8 Å². The fourth-order valence-corrected chi connectivity index (χ4v) is 1.99. The molecule has 3 rings (SSSR count). The molecule has 1 aromatic carbocycles. The number of para-hydroxylation sites is 1. The van der Waals surface area contributed by atoms with E-state index in [0.717, 1.165) is 0 Å². The van der Waals surface area contributed by atoms with Crippen molar-refractivity contribution in [2.75, 3.05) is 5.73 Å². The van der Waals surface area contributed by atoms with Crippen LogP contribution in [0.3, 0.4) is 0 Å². The first kappa shape index (κ1) is 12.1. The highest BCUT2D eigenvalue weighted by Crippen LogP contribution is 2.27. The number of hydrogen-bond acceptors (Lipinski definition) is 4. The summed E-state index contributed by atoms with van der Waals surface area (Å²) in [7, 11) is 0. The minimum atomic E-state index is 0.178. The van der Waals surface area contributed by atoms with Gasteiger partial charge in [-0.15, -0.1) is 5.92 Å². The first-order chi connectivity index (χ1) is 9.69. The number of nitrogens with two attached hydrogens (primary N) is 1. The molecule has 0 fully saturated rings. The maximum Gasteiger partial charge on any atom is 0.236 e. The predicted molar refractivity (Wildman–Crippen MR) is 77.1 cm³/mol. The summed E-state index contributed by atoms with van der Waals surface area (Å²) in [5.74, 6) is 6.69. The van der Waals surface area contributed by atoms with Crippen molar-refractivity contribution in [3.63, 3.8) is 0 Å². The Morgan fingerprint density at radius 3 is 2.75 bits per heavy atom. The van der Waals surface area contributed by atoms with Crippen molar-refractivity contribution in [3.05, 3.63) is 42.2 Å². The van der Waals surface area contributed by atoms with Crippen LogP contribution in [0.15, 0.2) is 36.7 Å². The van der Waals surface area contributed by atoms with Crippen LogP contribution in [-0.4, -0.2) is 19.5 Å². The van der Waals surface area contributed by atoms with E-state index in [-0.39, 0.29) is 5.75 Å². The van der Waals surface area contributed by atoms with E-state index < -0.39 is 0 Å². The summed E-state index contributed by atoms with van der Waals surface area (Å²) in [6, 6.07) is 7.02. The van der Waals surface area contributed by atoms with Gasteiger partial charge in [-0.1, -0.05) is 18.1 Å². The summed E-state index contributed by atoms with van der Waals surface area (Å²) in [4.78, 5) is 8.59. The predicted octanol–water partition coefficient (Wildman–Crippen LogP) is 2.06. The lowest BCUT2D eigenvalue weighted by Gasteiger charge is -1.98. The van der Waals surface area contributed by atoms with Crippen molar-refractivity contribution < 1.29 is 5.11 Å². The average molecular weight is 264 g/mol. The standard InChI is InChI=1S/C15H12N4O/c1-2-5-10-8-19-9-12(17-15(19)18-14(10)16)11-6-3-4-7-13(11)20/h3-4,6-9,20H,1H3,(H2,16,17,18). The average Bonchev–Trinajstić information content (AvgIpc) is 2.82. The van der Waals surface area contributed by atoms with Gasteiger partial charge in [-0.25, -0.2) is 4.98 Å². The SMILES string of the molecule is CC#Cc1cn2cc(-c3ccccc3O)nc2nc1N. The molecule has 0 atom stereocenters. The highest BCUT2D eigenvalue weighted by atomic mass is 16.3. The van der Waals surface area contributed by atoms with Crippen LogP contribution in [0.25, 0.3) is 17.0 Å². The Balaban J connectivity index is 2.20. The number of nitrogens with zero attached hydrogens (tertiary/aromatic N) is 3. The quantitative estimate of drug-likeness (QED) is 0.659. The molecule has 0 saturated heterocycles. The third kappa shape index (κ3) is 1.93. The largest absolute Gasteiger partial charge is 0.507 e. The number of phenols is 1. The lowest BCUT2D eigenvalue weighted by molar-refractivity contribution is 0.477. The van der Waals surface area contributed by atoms with E-state index in [1.54, 1.807) is 41.9 Å². The molecule has 0 unspecified atom stereocenters. The third-order valence-electron chi connectivity index (χ3n) is 2.92. The number of aromatic nitrogens is 3. The van der Waals surface area contributed by atoms with Gasteiger partial charge >= 0.3 is 0 Å². The molecule has 2 aromatic heterocycles. The fraction of sp³-hybridized carbons (Fsp3) is 0.0667. The van der Waals surface area contributed by atoms with E-state index in [1.165, 1.54) is 0 Å². The Labute approximate surface area is 115 Å². The number of hydrogen-bond donors (Lipinski definition) is 2. The lowest BCUT2D eigenvalue weighted by atomic mass is 10.1. The first-order valence-corrected chi connectivity index (χ1v) is 6.05. The van der Waals surface area contributed by atoms with Crippen LogP contribution in [0.2, 0.25) is 0 Å². The Morgan fingerprint density at radius 1 is 1.20 bits per heavy atom. The molecule has 0 aliphatic rings. The normalized spacial score (nSPS) is 10.2. The summed E-state index contributed by atoms with van der Waals surface area (Å²) < 4.78 is 1.75. The zero-order valence-corrected chi connectivity index (χ0v) is 10.8. The zero-order chi connectivity index (χ0) is 14.1. The smallest absolute Gasteiger partial charge is 0.236 e. The van der Waals surface area contributed by atoms with E-state index in [4.69, 9.17) is 5.73 Å². The third-order valence-corrected chi connectivity index (χ3v) is 2.92.